The van der Waals surface area contributed by atoms with Crippen LogP contribution in [-0.2, 0) is 4.79 Å². The number of carbonyl (C=O) groups is 1. The van der Waals surface area contributed by atoms with Crippen molar-refractivity contribution in [1.82, 2.24) is 10.6 Å². The summed E-state index contributed by atoms with van der Waals surface area (Å²) in [6.07, 6.45) is 5.78. The lowest BCUT2D eigenvalue weighted by atomic mass is 10.0. The lowest BCUT2D eigenvalue weighted by molar-refractivity contribution is -0.123. The van der Waals surface area contributed by atoms with Gasteiger partial charge >= 0.3 is 0 Å². The largest absolute Gasteiger partial charge is 0.352 e. The van der Waals surface area contributed by atoms with E-state index < -0.39 is 0 Å². The summed E-state index contributed by atoms with van der Waals surface area (Å²) in [7, 11) is 0. The Morgan fingerprint density at radius 3 is 2.67 bits per heavy atom. The lowest BCUT2D eigenvalue weighted by Gasteiger charge is -2.22. The van der Waals surface area contributed by atoms with Gasteiger partial charge in [-0.25, -0.2) is 0 Å². The number of amides is 1. The molecular formula is C9H16N2O. The number of hydrogen-bond donors (Lipinski definition) is 2. The molecule has 1 saturated heterocycles. The summed E-state index contributed by atoms with van der Waals surface area (Å²) in [6, 6.07) is 0.598. The Kier molecular flexibility index (Phi) is 2.30. The van der Waals surface area contributed by atoms with E-state index in [0.717, 1.165) is 13.0 Å². The summed E-state index contributed by atoms with van der Waals surface area (Å²) in [4.78, 5) is 11.5. The number of carbonyl (C=O) groups excluding carboxylic acids is 1. The predicted molar refractivity (Wildman–Crippen MR) is 46.8 cm³/mol. The summed E-state index contributed by atoms with van der Waals surface area (Å²) in [5, 5.41) is 6.26. The van der Waals surface area contributed by atoms with Crippen molar-refractivity contribution >= 4 is 5.91 Å². The van der Waals surface area contributed by atoms with Gasteiger partial charge in [0, 0.05) is 6.04 Å². The van der Waals surface area contributed by atoms with Gasteiger partial charge in [0.05, 0.1) is 6.04 Å². The highest BCUT2D eigenvalue weighted by molar-refractivity contribution is 5.82. The Balaban J connectivity index is 1.76. The zero-order valence-corrected chi connectivity index (χ0v) is 7.31. The van der Waals surface area contributed by atoms with Gasteiger partial charge in [0.15, 0.2) is 0 Å². The molecule has 0 radical (unpaired) electrons. The Bertz CT molecular complexity index is 171. The van der Waals surface area contributed by atoms with Gasteiger partial charge < -0.3 is 10.6 Å². The Hall–Kier alpha value is -0.570. The maximum atomic E-state index is 11.5. The third kappa shape index (κ3) is 1.97. The molecule has 3 nitrogen and oxygen atoms in total. The van der Waals surface area contributed by atoms with Crippen LogP contribution >= 0.6 is 0 Å². The lowest BCUT2D eigenvalue weighted by Crippen LogP contribution is -2.47. The van der Waals surface area contributed by atoms with E-state index in [0.29, 0.717) is 6.04 Å². The van der Waals surface area contributed by atoms with E-state index in [-0.39, 0.29) is 11.9 Å². The smallest absolute Gasteiger partial charge is 0.237 e. The summed E-state index contributed by atoms with van der Waals surface area (Å²) in [5.74, 6) is 0.220. The molecule has 0 aromatic heterocycles. The van der Waals surface area contributed by atoms with Crippen molar-refractivity contribution in [1.29, 1.82) is 0 Å². The summed E-state index contributed by atoms with van der Waals surface area (Å²) < 4.78 is 0. The molecule has 1 aliphatic carbocycles. The molecule has 1 amide bonds. The van der Waals surface area contributed by atoms with E-state index in [9.17, 15) is 4.79 Å². The molecule has 1 saturated carbocycles. The number of piperidine rings is 1. The SMILES string of the molecule is O=C(NC1CC1)C1CCCCN1. The second-order valence-corrected chi connectivity index (χ2v) is 3.79. The molecule has 1 unspecified atom stereocenters. The molecule has 2 rings (SSSR count). The van der Waals surface area contributed by atoms with Crippen molar-refractivity contribution in [3.05, 3.63) is 0 Å². The van der Waals surface area contributed by atoms with Crippen LogP contribution in [0.2, 0.25) is 0 Å². The summed E-state index contributed by atoms with van der Waals surface area (Å²) in [5.41, 5.74) is 0. The van der Waals surface area contributed by atoms with Crippen LogP contribution in [0.15, 0.2) is 0 Å². The van der Waals surface area contributed by atoms with E-state index in [1.165, 1.54) is 25.7 Å². The van der Waals surface area contributed by atoms with Gasteiger partial charge in [0.1, 0.15) is 0 Å². The van der Waals surface area contributed by atoms with Crippen molar-refractivity contribution in [2.45, 2.75) is 44.2 Å². The molecule has 0 spiro atoms. The van der Waals surface area contributed by atoms with Crippen molar-refractivity contribution in [3.63, 3.8) is 0 Å². The first-order chi connectivity index (χ1) is 5.86. The first-order valence-corrected chi connectivity index (χ1v) is 4.90. The topological polar surface area (TPSA) is 41.1 Å². The molecule has 68 valence electrons. The maximum absolute atomic E-state index is 11.5. The molecular weight excluding hydrogens is 152 g/mol. The highest BCUT2D eigenvalue weighted by Crippen LogP contribution is 2.19. The molecule has 2 N–H and O–H groups in total. The van der Waals surface area contributed by atoms with Crippen molar-refractivity contribution in [2.24, 2.45) is 0 Å². The van der Waals surface area contributed by atoms with Crippen molar-refractivity contribution < 1.29 is 4.79 Å². The molecule has 1 aliphatic heterocycles. The molecule has 1 heterocycles. The predicted octanol–water partition coefficient (Wildman–Crippen LogP) is 0.407. The number of nitrogens with one attached hydrogen (secondary N) is 2. The van der Waals surface area contributed by atoms with Crippen LogP contribution < -0.4 is 10.6 Å². The van der Waals surface area contributed by atoms with Crippen LogP contribution in [0.3, 0.4) is 0 Å². The third-order valence-corrected chi connectivity index (χ3v) is 2.55. The van der Waals surface area contributed by atoms with Gasteiger partial charge in [-0.1, -0.05) is 6.42 Å². The summed E-state index contributed by atoms with van der Waals surface area (Å²) >= 11 is 0. The van der Waals surface area contributed by atoms with Crippen LogP contribution in [0.1, 0.15) is 32.1 Å². The first kappa shape index (κ1) is 8.05. The Morgan fingerprint density at radius 1 is 1.25 bits per heavy atom. The maximum Gasteiger partial charge on any atom is 0.237 e. The number of hydrogen-bond acceptors (Lipinski definition) is 2. The Morgan fingerprint density at radius 2 is 2.08 bits per heavy atom. The van der Waals surface area contributed by atoms with Gasteiger partial charge in [0.2, 0.25) is 5.91 Å². The van der Waals surface area contributed by atoms with Gasteiger partial charge in [-0.3, -0.25) is 4.79 Å². The average Bonchev–Trinajstić information content (AvgIpc) is 2.90. The zero-order chi connectivity index (χ0) is 8.39. The van der Waals surface area contributed by atoms with Gasteiger partial charge in [-0.2, -0.15) is 0 Å². The molecule has 2 fully saturated rings. The fraction of sp³-hybridized carbons (Fsp3) is 0.889. The van der Waals surface area contributed by atoms with Crippen molar-refractivity contribution in [2.75, 3.05) is 6.54 Å². The van der Waals surface area contributed by atoms with Crippen LogP contribution in [-0.4, -0.2) is 24.5 Å². The molecule has 12 heavy (non-hydrogen) atoms. The highest BCUT2D eigenvalue weighted by atomic mass is 16.2. The second kappa shape index (κ2) is 3.44. The zero-order valence-electron chi connectivity index (χ0n) is 7.31. The van der Waals surface area contributed by atoms with Crippen molar-refractivity contribution in [3.8, 4) is 0 Å². The molecule has 0 aromatic rings. The van der Waals surface area contributed by atoms with Crippen LogP contribution in [0.5, 0.6) is 0 Å². The minimum atomic E-state index is 0.0966. The molecule has 0 bridgehead atoms. The van der Waals surface area contributed by atoms with E-state index in [4.69, 9.17) is 0 Å². The van der Waals surface area contributed by atoms with Crippen LogP contribution in [0, 0.1) is 0 Å². The van der Waals surface area contributed by atoms with Gasteiger partial charge in [-0.05, 0) is 32.2 Å². The van der Waals surface area contributed by atoms with E-state index in [1.807, 2.05) is 0 Å². The quantitative estimate of drug-likeness (QED) is 0.627. The molecule has 2 aliphatic rings. The molecule has 0 aromatic carbocycles. The number of rotatable bonds is 2. The third-order valence-electron chi connectivity index (χ3n) is 2.55. The first-order valence-electron chi connectivity index (χ1n) is 4.90. The second-order valence-electron chi connectivity index (χ2n) is 3.79. The standard InChI is InChI=1S/C9H16N2O/c12-9(11-7-4-5-7)8-3-1-2-6-10-8/h7-8,10H,1-6H2,(H,11,12). The van der Waals surface area contributed by atoms with Gasteiger partial charge in [0.25, 0.3) is 0 Å². The minimum Gasteiger partial charge on any atom is -0.352 e. The fourth-order valence-corrected chi connectivity index (χ4v) is 1.61. The van der Waals surface area contributed by atoms with Crippen LogP contribution in [0.4, 0.5) is 0 Å². The van der Waals surface area contributed by atoms with E-state index in [1.54, 1.807) is 0 Å². The minimum absolute atomic E-state index is 0.0966. The highest BCUT2D eigenvalue weighted by Gasteiger charge is 2.27. The monoisotopic (exact) mass is 168 g/mol. The van der Waals surface area contributed by atoms with E-state index >= 15 is 0 Å². The summed E-state index contributed by atoms with van der Waals surface area (Å²) in [6.45, 7) is 1.00. The average molecular weight is 168 g/mol. The Labute approximate surface area is 72.9 Å². The van der Waals surface area contributed by atoms with Gasteiger partial charge in [-0.15, -0.1) is 0 Å². The van der Waals surface area contributed by atoms with E-state index in [2.05, 4.69) is 10.6 Å². The van der Waals surface area contributed by atoms with Crippen LogP contribution in [0.25, 0.3) is 0 Å². The molecule has 3 heteroatoms. The fourth-order valence-electron chi connectivity index (χ4n) is 1.61. The normalized spacial score (nSPS) is 29.8. The molecule has 1 atom stereocenters.